The molecule has 5 nitrogen and oxygen atoms in total. The van der Waals surface area contributed by atoms with Gasteiger partial charge in [-0.15, -0.1) is 0 Å². The van der Waals surface area contributed by atoms with Gasteiger partial charge in [-0.05, 0) is 25.0 Å². The molecular weight excluding hydrogens is 302 g/mol. The molecule has 0 aromatic carbocycles. The predicted octanol–water partition coefficient (Wildman–Crippen LogP) is 3.16. The van der Waals surface area contributed by atoms with E-state index in [1.54, 1.807) is 0 Å². The zero-order chi connectivity index (χ0) is 17.3. The van der Waals surface area contributed by atoms with E-state index in [-0.39, 0.29) is 6.54 Å². The molecule has 0 aliphatic carbocycles. The SMILES string of the molecule is CCCCCCCC[N+]1(CC(=O)O)CCN(c2ccncc2)CC1. The summed E-state index contributed by atoms with van der Waals surface area (Å²) in [6.07, 6.45) is 11.2. The number of rotatable bonds is 10. The van der Waals surface area contributed by atoms with Gasteiger partial charge in [-0.2, -0.15) is 0 Å². The van der Waals surface area contributed by atoms with Gasteiger partial charge in [-0.1, -0.05) is 32.6 Å². The van der Waals surface area contributed by atoms with Gasteiger partial charge in [0.2, 0.25) is 0 Å². The molecule has 1 aromatic rings. The number of pyridine rings is 1. The van der Waals surface area contributed by atoms with Gasteiger partial charge in [0.1, 0.15) is 0 Å². The van der Waals surface area contributed by atoms with Crippen LogP contribution >= 0.6 is 0 Å². The summed E-state index contributed by atoms with van der Waals surface area (Å²) in [6.45, 7) is 7.19. The van der Waals surface area contributed by atoms with Gasteiger partial charge in [-0.25, -0.2) is 4.79 Å². The third-order valence-corrected chi connectivity index (χ3v) is 5.17. The van der Waals surface area contributed by atoms with Crippen LogP contribution in [0.5, 0.6) is 0 Å². The molecule has 24 heavy (non-hydrogen) atoms. The highest BCUT2D eigenvalue weighted by Crippen LogP contribution is 2.21. The highest BCUT2D eigenvalue weighted by Gasteiger charge is 2.34. The molecule has 0 spiro atoms. The molecule has 1 N–H and O–H groups in total. The van der Waals surface area contributed by atoms with Crippen molar-refractivity contribution in [2.24, 2.45) is 0 Å². The molecule has 5 heteroatoms. The van der Waals surface area contributed by atoms with E-state index in [0.29, 0.717) is 0 Å². The number of unbranched alkanes of at least 4 members (excludes halogenated alkanes) is 5. The molecule has 0 radical (unpaired) electrons. The van der Waals surface area contributed by atoms with Crippen LogP contribution in [0.1, 0.15) is 45.4 Å². The third kappa shape index (κ3) is 5.78. The van der Waals surface area contributed by atoms with Crippen LogP contribution in [0.3, 0.4) is 0 Å². The Hall–Kier alpha value is -1.62. The number of carboxylic acids is 1. The van der Waals surface area contributed by atoms with Gasteiger partial charge >= 0.3 is 5.97 Å². The maximum absolute atomic E-state index is 11.4. The van der Waals surface area contributed by atoms with Crippen molar-refractivity contribution in [1.82, 2.24) is 4.98 Å². The molecule has 134 valence electrons. The molecule has 1 saturated heterocycles. The smallest absolute Gasteiger partial charge is 0.359 e. The van der Waals surface area contributed by atoms with Crippen molar-refractivity contribution in [3.63, 3.8) is 0 Å². The number of carboxylic acid groups (broad SMARTS) is 1. The van der Waals surface area contributed by atoms with Crippen molar-refractivity contribution in [3.05, 3.63) is 24.5 Å². The molecule has 1 aromatic heterocycles. The van der Waals surface area contributed by atoms with E-state index >= 15 is 0 Å². The van der Waals surface area contributed by atoms with Crippen molar-refractivity contribution < 1.29 is 14.4 Å². The lowest BCUT2D eigenvalue weighted by atomic mass is 10.1. The lowest BCUT2D eigenvalue weighted by molar-refractivity contribution is -0.922. The molecule has 0 unspecified atom stereocenters. The zero-order valence-corrected chi connectivity index (χ0v) is 15.0. The molecule has 1 aliphatic heterocycles. The number of piperazine rings is 1. The van der Waals surface area contributed by atoms with Gasteiger partial charge in [0.25, 0.3) is 0 Å². The molecule has 0 bridgehead atoms. The fraction of sp³-hybridized carbons (Fsp3) is 0.684. The Bertz CT molecular complexity index is 485. The number of quaternary nitrogens is 1. The van der Waals surface area contributed by atoms with Crippen LogP contribution in [0.15, 0.2) is 24.5 Å². The Balaban J connectivity index is 1.84. The monoisotopic (exact) mass is 334 g/mol. The average molecular weight is 334 g/mol. The fourth-order valence-corrected chi connectivity index (χ4v) is 3.68. The number of nitrogens with zero attached hydrogens (tertiary/aromatic N) is 3. The summed E-state index contributed by atoms with van der Waals surface area (Å²) in [5, 5.41) is 9.35. The molecule has 0 amide bonds. The maximum atomic E-state index is 11.4. The van der Waals surface area contributed by atoms with E-state index in [1.165, 1.54) is 37.8 Å². The lowest BCUT2D eigenvalue weighted by Gasteiger charge is -2.44. The average Bonchev–Trinajstić information content (AvgIpc) is 2.59. The second-order valence-electron chi connectivity index (χ2n) is 7.02. The predicted molar refractivity (Wildman–Crippen MR) is 97.2 cm³/mol. The number of aliphatic carboxylic acids is 1. The first-order chi connectivity index (χ1) is 11.7. The van der Waals surface area contributed by atoms with Crippen molar-refractivity contribution in [2.75, 3.05) is 44.2 Å². The molecule has 0 saturated carbocycles. The first-order valence-electron chi connectivity index (χ1n) is 9.37. The minimum absolute atomic E-state index is 0.263. The molecular formula is C19H32N3O2+. The second kappa shape index (κ2) is 9.62. The number of anilines is 1. The van der Waals surface area contributed by atoms with Crippen LogP contribution < -0.4 is 4.90 Å². The number of carbonyl (C=O) groups is 1. The highest BCUT2D eigenvalue weighted by molar-refractivity contribution is 5.68. The van der Waals surface area contributed by atoms with E-state index in [9.17, 15) is 9.90 Å². The van der Waals surface area contributed by atoms with Crippen LogP contribution in [-0.4, -0.2) is 59.8 Å². The van der Waals surface area contributed by atoms with Gasteiger partial charge in [0.05, 0.1) is 32.7 Å². The Morgan fingerprint density at radius 3 is 2.38 bits per heavy atom. The van der Waals surface area contributed by atoms with Gasteiger partial charge in [0.15, 0.2) is 6.54 Å². The summed E-state index contributed by atoms with van der Waals surface area (Å²) in [5.74, 6) is -0.668. The minimum Gasteiger partial charge on any atom is -0.477 e. The standard InChI is InChI=1S/C19H31N3O2/c1-2-3-4-5-6-7-14-22(17-19(23)24)15-12-21(13-16-22)18-8-10-20-11-9-18/h8-11H,2-7,12-17H2,1H3/p+1. The summed E-state index contributed by atoms with van der Waals surface area (Å²) in [5.41, 5.74) is 1.19. The van der Waals surface area contributed by atoms with Gasteiger partial charge in [0, 0.05) is 18.1 Å². The van der Waals surface area contributed by atoms with Crippen LogP contribution in [0.2, 0.25) is 0 Å². The summed E-state index contributed by atoms with van der Waals surface area (Å²) in [6, 6.07) is 4.07. The Labute approximate surface area is 145 Å². The van der Waals surface area contributed by atoms with E-state index in [1.807, 2.05) is 24.5 Å². The van der Waals surface area contributed by atoms with E-state index in [0.717, 1.165) is 43.6 Å². The first-order valence-corrected chi connectivity index (χ1v) is 9.37. The van der Waals surface area contributed by atoms with Gasteiger partial charge < -0.3 is 14.5 Å². The second-order valence-corrected chi connectivity index (χ2v) is 7.02. The molecule has 2 rings (SSSR count). The molecule has 1 aliphatic rings. The normalized spacial score (nSPS) is 17.0. The van der Waals surface area contributed by atoms with E-state index < -0.39 is 5.97 Å². The maximum Gasteiger partial charge on any atom is 0.359 e. The highest BCUT2D eigenvalue weighted by atomic mass is 16.4. The first kappa shape index (κ1) is 18.7. The van der Waals surface area contributed by atoms with Crippen molar-refractivity contribution in [1.29, 1.82) is 0 Å². The minimum atomic E-state index is -0.668. The summed E-state index contributed by atoms with van der Waals surface area (Å²) in [4.78, 5) is 17.8. The molecule has 2 heterocycles. The lowest BCUT2D eigenvalue weighted by Crippen LogP contribution is -2.61. The van der Waals surface area contributed by atoms with Crippen molar-refractivity contribution in [2.45, 2.75) is 45.4 Å². The number of aromatic nitrogens is 1. The van der Waals surface area contributed by atoms with Crippen LogP contribution in [0.25, 0.3) is 0 Å². The summed E-state index contributed by atoms with van der Waals surface area (Å²) in [7, 11) is 0. The van der Waals surface area contributed by atoms with Crippen molar-refractivity contribution in [3.8, 4) is 0 Å². The largest absolute Gasteiger partial charge is 0.477 e. The quantitative estimate of drug-likeness (QED) is 0.527. The zero-order valence-electron chi connectivity index (χ0n) is 15.0. The van der Waals surface area contributed by atoms with E-state index in [2.05, 4.69) is 16.8 Å². The number of hydrogen-bond acceptors (Lipinski definition) is 3. The van der Waals surface area contributed by atoms with Crippen LogP contribution in [0.4, 0.5) is 5.69 Å². The fourth-order valence-electron chi connectivity index (χ4n) is 3.68. The summed E-state index contributed by atoms with van der Waals surface area (Å²) < 4.78 is 0.741. The van der Waals surface area contributed by atoms with Crippen LogP contribution in [0, 0.1) is 0 Å². The van der Waals surface area contributed by atoms with Crippen LogP contribution in [-0.2, 0) is 4.79 Å². The van der Waals surface area contributed by atoms with E-state index in [4.69, 9.17) is 0 Å². The Morgan fingerprint density at radius 2 is 1.75 bits per heavy atom. The topological polar surface area (TPSA) is 53.4 Å². The number of hydrogen-bond donors (Lipinski definition) is 1. The summed E-state index contributed by atoms with van der Waals surface area (Å²) >= 11 is 0. The molecule has 1 fully saturated rings. The van der Waals surface area contributed by atoms with Crippen molar-refractivity contribution >= 4 is 11.7 Å². The Kier molecular flexibility index (Phi) is 7.50. The van der Waals surface area contributed by atoms with Gasteiger partial charge in [-0.3, -0.25) is 4.98 Å². The third-order valence-electron chi connectivity index (χ3n) is 5.17. The molecule has 0 atom stereocenters. The Morgan fingerprint density at radius 1 is 1.12 bits per heavy atom.